The molecule has 1 aliphatic heterocycles. The predicted molar refractivity (Wildman–Crippen MR) is 110 cm³/mol. The van der Waals surface area contributed by atoms with Crippen LogP contribution in [0.2, 0.25) is 0 Å². The number of carbonyl (C=O) groups excluding carboxylic acids is 1. The van der Waals surface area contributed by atoms with E-state index in [0.717, 1.165) is 0 Å². The largest absolute Gasteiger partial charge is 0.357 e. The van der Waals surface area contributed by atoms with E-state index in [2.05, 4.69) is 20.9 Å². The lowest BCUT2D eigenvalue weighted by Crippen LogP contribution is -2.44. The van der Waals surface area contributed by atoms with E-state index in [0.29, 0.717) is 37.6 Å². The molecule has 7 nitrogen and oxygen atoms in total. The van der Waals surface area contributed by atoms with Crippen LogP contribution in [0.1, 0.15) is 23.7 Å². The third-order valence-electron chi connectivity index (χ3n) is 3.62. The minimum absolute atomic E-state index is 0. The summed E-state index contributed by atoms with van der Waals surface area (Å²) in [6, 6.07) is 8.90. The Morgan fingerprint density at radius 1 is 1.24 bits per heavy atom. The Bertz CT molecular complexity index is 680. The summed E-state index contributed by atoms with van der Waals surface area (Å²) < 4.78 is 23.0. The highest BCUT2D eigenvalue weighted by molar-refractivity contribution is 14.0. The highest BCUT2D eigenvalue weighted by Crippen LogP contribution is 2.10. The van der Waals surface area contributed by atoms with E-state index < -0.39 is 9.84 Å². The third kappa shape index (κ3) is 7.59. The molecule has 0 bridgehead atoms. The highest BCUT2D eigenvalue weighted by atomic mass is 127. The number of amides is 1. The molecule has 1 heterocycles. The Morgan fingerprint density at radius 2 is 1.96 bits per heavy atom. The number of carbonyl (C=O) groups is 1. The molecule has 1 unspecified atom stereocenters. The van der Waals surface area contributed by atoms with Gasteiger partial charge in [-0.3, -0.25) is 9.79 Å². The van der Waals surface area contributed by atoms with Gasteiger partial charge in [-0.05, 0) is 25.5 Å². The fourth-order valence-corrected chi connectivity index (χ4v) is 4.12. The van der Waals surface area contributed by atoms with E-state index in [4.69, 9.17) is 0 Å². The van der Waals surface area contributed by atoms with Crippen LogP contribution in [0.3, 0.4) is 0 Å². The summed E-state index contributed by atoms with van der Waals surface area (Å²) in [6.45, 7) is 3.45. The number of sulfone groups is 1. The molecule has 0 saturated carbocycles. The van der Waals surface area contributed by atoms with Gasteiger partial charge in [-0.25, -0.2) is 8.42 Å². The zero-order valence-electron chi connectivity index (χ0n) is 14.2. The number of aliphatic imine (C=N–C) groups is 1. The van der Waals surface area contributed by atoms with Crippen molar-refractivity contribution in [1.82, 2.24) is 16.0 Å². The fraction of sp³-hybridized carbons (Fsp3) is 0.500. The quantitative estimate of drug-likeness (QED) is 0.242. The number of hydrogen-bond acceptors (Lipinski definition) is 4. The second-order valence-corrected chi connectivity index (χ2v) is 7.86. The summed E-state index contributed by atoms with van der Waals surface area (Å²) in [6.07, 6.45) is 0.595. The van der Waals surface area contributed by atoms with Crippen LogP contribution in [0.15, 0.2) is 35.3 Å². The molecule has 1 saturated heterocycles. The molecule has 1 fully saturated rings. The molecule has 1 atom stereocenters. The summed E-state index contributed by atoms with van der Waals surface area (Å²) in [4.78, 5) is 16.3. The van der Waals surface area contributed by atoms with Crippen LogP contribution in [0, 0.1) is 0 Å². The smallest absolute Gasteiger partial charge is 0.251 e. The number of nitrogens with zero attached hydrogens (tertiary/aromatic N) is 1. The first-order valence-corrected chi connectivity index (χ1v) is 9.91. The van der Waals surface area contributed by atoms with Gasteiger partial charge in [0.05, 0.1) is 18.1 Å². The van der Waals surface area contributed by atoms with Crippen LogP contribution < -0.4 is 16.0 Å². The van der Waals surface area contributed by atoms with E-state index in [1.165, 1.54) is 0 Å². The zero-order chi connectivity index (χ0) is 17.4. The monoisotopic (exact) mass is 480 g/mol. The third-order valence-corrected chi connectivity index (χ3v) is 5.39. The molecule has 1 aromatic carbocycles. The molecular formula is C16H25IN4O3S. The van der Waals surface area contributed by atoms with Crippen molar-refractivity contribution >= 4 is 45.7 Å². The Balaban J connectivity index is 0.00000312. The maximum absolute atomic E-state index is 11.9. The number of benzene rings is 1. The second kappa shape index (κ2) is 10.6. The SMILES string of the molecule is CCNC(=NCCNC(=O)c1ccccc1)NC1CCS(=O)(=O)C1.I. The van der Waals surface area contributed by atoms with Crippen LogP contribution in [-0.4, -0.2) is 57.5 Å². The minimum Gasteiger partial charge on any atom is -0.357 e. The Hall–Kier alpha value is -1.36. The van der Waals surface area contributed by atoms with Crippen molar-refractivity contribution in [3.05, 3.63) is 35.9 Å². The lowest BCUT2D eigenvalue weighted by atomic mass is 10.2. The molecule has 1 aromatic rings. The number of nitrogens with one attached hydrogen (secondary N) is 3. The maximum Gasteiger partial charge on any atom is 0.251 e. The lowest BCUT2D eigenvalue weighted by molar-refractivity contribution is 0.0955. The van der Waals surface area contributed by atoms with Gasteiger partial charge in [-0.15, -0.1) is 24.0 Å². The van der Waals surface area contributed by atoms with E-state index in [1.807, 2.05) is 25.1 Å². The lowest BCUT2D eigenvalue weighted by Gasteiger charge is -2.15. The van der Waals surface area contributed by atoms with Gasteiger partial charge in [0.1, 0.15) is 0 Å². The molecule has 9 heteroatoms. The van der Waals surface area contributed by atoms with Gasteiger partial charge in [0.15, 0.2) is 15.8 Å². The van der Waals surface area contributed by atoms with Crippen LogP contribution >= 0.6 is 24.0 Å². The standard InChI is InChI=1S/C16H24N4O3S.HI/c1-2-17-16(20-14-8-11-24(22,23)12-14)19-10-9-18-15(21)13-6-4-3-5-7-13;/h3-7,14H,2,8-12H2,1H3,(H,18,21)(H2,17,19,20);1H. The molecule has 3 N–H and O–H groups in total. The highest BCUT2D eigenvalue weighted by Gasteiger charge is 2.28. The molecule has 1 amide bonds. The minimum atomic E-state index is -2.93. The average molecular weight is 480 g/mol. The molecule has 140 valence electrons. The van der Waals surface area contributed by atoms with Gasteiger partial charge in [0.2, 0.25) is 0 Å². The summed E-state index contributed by atoms with van der Waals surface area (Å²) in [5.41, 5.74) is 0.614. The molecule has 1 aliphatic rings. The van der Waals surface area contributed by atoms with Crippen molar-refractivity contribution in [2.75, 3.05) is 31.1 Å². The number of hydrogen-bond donors (Lipinski definition) is 3. The van der Waals surface area contributed by atoms with Gasteiger partial charge >= 0.3 is 0 Å². The second-order valence-electron chi connectivity index (χ2n) is 5.63. The predicted octanol–water partition coefficient (Wildman–Crippen LogP) is 0.777. The van der Waals surface area contributed by atoms with Crippen molar-refractivity contribution in [2.45, 2.75) is 19.4 Å². The summed E-state index contributed by atoms with van der Waals surface area (Å²) in [5.74, 6) is 0.804. The molecule has 2 rings (SSSR count). The average Bonchev–Trinajstić information content (AvgIpc) is 2.91. The summed E-state index contributed by atoms with van der Waals surface area (Å²) >= 11 is 0. The fourth-order valence-electron chi connectivity index (χ4n) is 2.45. The topological polar surface area (TPSA) is 99.7 Å². The van der Waals surface area contributed by atoms with Crippen molar-refractivity contribution < 1.29 is 13.2 Å². The van der Waals surface area contributed by atoms with E-state index in [-0.39, 0.29) is 47.4 Å². The first-order valence-electron chi connectivity index (χ1n) is 8.08. The molecule has 0 aromatic heterocycles. The Kier molecular flexibility index (Phi) is 9.19. The molecule has 0 spiro atoms. The van der Waals surface area contributed by atoms with Crippen LogP contribution in [0.25, 0.3) is 0 Å². The summed E-state index contributed by atoms with van der Waals surface area (Å²) in [7, 11) is -2.93. The van der Waals surface area contributed by atoms with Crippen molar-refractivity contribution in [1.29, 1.82) is 0 Å². The first-order chi connectivity index (χ1) is 11.5. The van der Waals surface area contributed by atoms with Gasteiger partial charge in [0, 0.05) is 24.7 Å². The van der Waals surface area contributed by atoms with Crippen LogP contribution in [0.5, 0.6) is 0 Å². The normalized spacial score (nSPS) is 18.9. The molecule has 0 aliphatic carbocycles. The van der Waals surface area contributed by atoms with E-state index >= 15 is 0 Å². The van der Waals surface area contributed by atoms with Crippen molar-refractivity contribution in [3.63, 3.8) is 0 Å². The van der Waals surface area contributed by atoms with E-state index in [1.54, 1.807) is 12.1 Å². The maximum atomic E-state index is 11.9. The van der Waals surface area contributed by atoms with E-state index in [9.17, 15) is 13.2 Å². The van der Waals surface area contributed by atoms with Crippen LogP contribution in [-0.2, 0) is 9.84 Å². The number of guanidine groups is 1. The molecular weight excluding hydrogens is 455 g/mol. The first kappa shape index (κ1) is 21.7. The van der Waals surface area contributed by atoms with Crippen molar-refractivity contribution in [2.24, 2.45) is 4.99 Å². The van der Waals surface area contributed by atoms with Gasteiger partial charge in [0.25, 0.3) is 5.91 Å². The molecule has 25 heavy (non-hydrogen) atoms. The molecule has 0 radical (unpaired) electrons. The number of rotatable bonds is 6. The summed E-state index contributed by atoms with van der Waals surface area (Å²) in [5, 5.41) is 9.03. The Labute approximate surface area is 166 Å². The number of halogens is 1. The van der Waals surface area contributed by atoms with Gasteiger partial charge in [-0.1, -0.05) is 18.2 Å². The zero-order valence-corrected chi connectivity index (χ0v) is 17.3. The van der Waals surface area contributed by atoms with Crippen LogP contribution in [0.4, 0.5) is 0 Å². The van der Waals surface area contributed by atoms with Gasteiger partial charge in [-0.2, -0.15) is 0 Å². The van der Waals surface area contributed by atoms with Crippen molar-refractivity contribution in [3.8, 4) is 0 Å². The van der Waals surface area contributed by atoms with Gasteiger partial charge < -0.3 is 16.0 Å². The Morgan fingerprint density at radius 3 is 2.56 bits per heavy atom.